The van der Waals surface area contributed by atoms with Crippen LogP contribution in [-0.4, -0.2) is 30.1 Å². The summed E-state index contributed by atoms with van der Waals surface area (Å²) in [7, 11) is 0. The fraction of sp³-hybridized carbons (Fsp3) is 1.00. The van der Waals surface area contributed by atoms with Crippen LogP contribution in [0.3, 0.4) is 0 Å². The third kappa shape index (κ3) is 2.17. The monoisotopic (exact) mass is 156 g/mol. The predicted molar refractivity (Wildman–Crippen MR) is 48.5 cm³/mol. The molecule has 0 amide bonds. The second kappa shape index (κ2) is 3.55. The van der Waals surface area contributed by atoms with Crippen LogP contribution in [-0.2, 0) is 0 Å². The summed E-state index contributed by atoms with van der Waals surface area (Å²) in [5.74, 6) is 0.734. The van der Waals surface area contributed by atoms with Crippen LogP contribution in [0.15, 0.2) is 0 Å². The van der Waals surface area contributed by atoms with Crippen LogP contribution < -0.4 is 5.73 Å². The zero-order chi connectivity index (χ0) is 8.43. The van der Waals surface area contributed by atoms with Crippen molar-refractivity contribution in [2.24, 2.45) is 11.7 Å². The second-order valence-electron chi connectivity index (χ2n) is 4.00. The van der Waals surface area contributed by atoms with Gasteiger partial charge in [0.05, 0.1) is 0 Å². The Morgan fingerprint density at radius 2 is 2.00 bits per heavy atom. The summed E-state index contributed by atoms with van der Waals surface area (Å²) >= 11 is 0. The van der Waals surface area contributed by atoms with Gasteiger partial charge in [-0.15, -0.1) is 0 Å². The van der Waals surface area contributed by atoms with E-state index in [1.54, 1.807) is 0 Å². The van der Waals surface area contributed by atoms with E-state index in [4.69, 9.17) is 5.73 Å². The molecule has 1 aliphatic heterocycles. The predicted octanol–water partition coefficient (Wildman–Crippen LogP) is 1.06. The van der Waals surface area contributed by atoms with Crippen LogP contribution in [0.4, 0.5) is 0 Å². The summed E-state index contributed by atoms with van der Waals surface area (Å²) < 4.78 is 0. The lowest BCUT2D eigenvalue weighted by molar-refractivity contribution is 0.260. The van der Waals surface area contributed by atoms with Crippen molar-refractivity contribution in [1.82, 2.24) is 4.90 Å². The highest BCUT2D eigenvalue weighted by atomic mass is 15.2. The van der Waals surface area contributed by atoms with Gasteiger partial charge in [-0.3, -0.25) is 0 Å². The Morgan fingerprint density at radius 3 is 2.27 bits per heavy atom. The van der Waals surface area contributed by atoms with Crippen LogP contribution in [0.5, 0.6) is 0 Å². The molecule has 0 bridgehead atoms. The average Bonchev–Trinajstić information content (AvgIpc) is 2.33. The van der Waals surface area contributed by atoms with Crippen LogP contribution in [0.1, 0.15) is 27.2 Å². The van der Waals surface area contributed by atoms with Crippen molar-refractivity contribution in [1.29, 1.82) is 0 Å². The largest absolute Gasteiger partial charge is 0.328 e. The minimum absolute atomic E-state index is 0.374. The number of nitrogens with zero attached hydrogens (tertiary/aromatic N) is 1. The normalized spacial score (nSPS) is 29.7. The van der Waals surface area contributed by atoms with Gasteiger partial charge in [0.2, 0.25) is 0 Å². The molecule has 2 nitrogen and oxygen atoms in total. The Kier molecular flexibility index (Phi) is 2.90. The van der Waals surface area contributed by atoms with Crippen molar-refractivity contribution < 1.29 is 0 Å². The zero-order valence-corrected chi connectivity index (χ0v) is 7.88. The molecule has 0 aromatic rings. The van der Waals surface area contributed by atoms with Gasteiger partial charge in [-0.05, 0) is 39.7 Å². The number of likely N-dealkylation sites (tertiary alicyclic amines) is 1. The Bertz CT molecular complexity index is 107. The first-order valence-corrected chi connectivity index (χ1v) is 4.61. The summed E-state index contributed by atoms with van der Waals surface area (Å²) in [5.41, 5.74) is 5.83. The smallest absolute Gasteiger partial charge is 0.00514 e. The Balaban J connectivity index is 2.35. The van der Waals surface area contributed by atoms with E-state index in [0.717, 1.165) is 5.92 Å². The lowest BCUT2D eigenvalue weighted by atomic mass is 10.0. The molecular weight excluding hydrogens is 136 g/mol. The van der Waals surface area contributed by atoms with Gasteiger partial charge in [0.15, 0.2) is 0 Å². The van der Waals surface area contributed by atoms with E-state index in [-0.39, 0.29) is 0 Å². The van der Waals surface area contributed by atoms with Gasteiger partial charge in [-0.1, -0.05) is 0 Å². The standard InChI is InChI=1S/C9H20N2/c1-7(2)11-5-4-9(6-11)8(3)10/h7-9H,4-6,10H2,1-3H3/t8-,9-/m0/s1. The highest BCUT2D eigenvalue weighted by molar-refractivity contribution is 4.82. The summed E-state index contributed by atoms with van der Waals surface area (Å²) in [6.45, 7) is 9.07. The van der Waals surface area contributed by atoms with Crippen molar-refractivity contribution >= 4 is 0 Å². The fourth-order valence-electron chi connectivity index (χ4n) is 1.71. The van der Waals surface area contributed by atoms with Gasteiger partial charge < -0.3 is 10.6 Å². The maximum Gasteiger partial charge on any atom is 0.00514 e. The molecule has 2 atom stereocenters. The molecule has 66 valence electrons. The van der Waals surface area contributed by atoms with Crippen molar-refractivity contribution in [3.63, 3.8) is 0 Å². The number of nitrogens with two attached hydrogens (primary N) is 1. The molecule has 2 heteroatoms. The van der Waals surface area contributed by atoms with Gasteiger partial charge in [0, 0.05) is 18.6 Å². The molecule has 1 saturated heterocycles. The first-order chi connectivity index (χ1) is 5.11. The summed E-state index contributed by atoms with van der Waals surface area (Å²) in [4.78, 5) is 2.51. The molecule has 2 N–H and O–H groups in total. The number of hydrogen-bond acceptors (Lipinski definition) is 2. The van der Waals surface area contributed by atoms with E-state index in [2.05, 4.69) is 25.7 Å². The topological polar surface area (TPSA) is 29.3 Å². The summed E-state index contributed by atoms with van der Waals surface area (Å²) in [5, 5.41) is 0. The Morgan fingerprint density at radius 1 is 1.36 bits per heavy atom. The van der Waals surface area contributed by atoms with Crippen LogP contribution in [0, 0.1) is 5.92 Å². The summed E-state index contributed by atoms with van der Waals surface area (Å²) in [6.07, 6.45) is 1.29. The van der Waals surface area contributed by atoms with E-state index in [1.807, 2.05) is 0 Å². The molecule has 0 aromatic carbocycles. The number of rotatable bonds is 2. The average molecular weight is 156 g/mol. The van der Waals surface area contributed by atoms with Crippen molar-refractivity contribution in [2.45, 2.75) is 39.3 Å². The number of hydrogen-bond donors (Lipinski definition) is 1. The fourth-order valence-corrected chi connectivity index (χ4v) is 1.71. The molecule has 0 unspecified atom stereocenters. The minimum atomic E-state index is 0.374. The van der Waals surface area contributed by atoms with Gasteiger partial charge >= 0.3 is 0 Å². The van der Waals surface area contributed by atoms with Crippen molar-refractivity contribution in [2.75, 3.05) is 13.1 Å². The van der Waals surface area contributed by atoms with Crippen molar-refractivity contribution in [3.05, 3.63) is 0 Å². The molecule has 0 aromatic heterocycles. The molecule has 11 heavy (non-hydrogen) atoms. The molecule has 1 heterocycles. The van der Waals surface area contributed by atoms with E-state index in [0.29, 0.717) is 12.1 Å². The molecule has 0 radical (unpaired) electrons. The molecule has 1 rings (SSSR count). The maximum absolute atomic E-state index is 5.83. The summed E-state index contributed by atoms with van der Waals surface area (Å²) in [6, 6.07) is 1.07. The second-order valence-corrected chi connectivity index (χ2v) is 4.00. The van der Waals surface area contributed by atoms with Crippen LogP contribution >= 0.6 is 0 Å². The molecule has 0 saturated carbocycles. The highest BCUT2D eigenvalue weighted by Gasteiger charge is 2.26. The van der Waals surface area contributed by atoms with Gasteiger partial charge in [-0.25, -0.2) is 0 Å². The highest BCUT2D eigenvalue weighted by Crippen LogP contribution is 2.20. The maximum atomic E-state index is 5.83. The first kappa shape index (κ1) is 9.01. The SMILES string of the molecule is CC(C)N1CC[C@H]([C@H](C)N)C1. The van der Waals surface area contributed by atoms with Crippen molar-refractivity contribution in [3.8, 4) is 0 Å². The van der Waals surface area contributed by atoms with Gasteiger partial charge in [0.25, 0.3) is 0 Å². The minimum Gasteiger partial charge on any atom is -0.328 e. The Labute approximate surface area is 69.8 Å². The lowest BCUT2D eigenvalue weighted by Crippen LogP contribution is -2.32. The Hall–Kier alpha value is -0.0800. The molecule has 1 aliphatic rings. The van der Waals surface area contributed by atoms with E-state index in [1.165, 1.54) is 19.5 Å². The third-order valence-electron chi connectivity index (χ3n) is 2.73. The van der Waals surface area contributed by atoms with Crippen LogP contribution in [0.2, 0.25) is 0 Å². The van der Waals surface area contributed by atoms with E-state index >= 15 is 0 Å². The van der Waals surface area contributed by atoms with E-state index in [9.17, 15) is 0 Å². The third-order valence-corrected chi connectivity index (χ3v) is 2.73. The molecule has 0 aliphatic carbocycles. The van der Waals surface area contributed by atoms with E-state index < -0.39 is 0 Å². The molecular formula is C9H20N2. The molecule has 0 spiro atoms. The molecule has 1 fully saturated rings. The lowest BCUT2D eigenvalue weighted by Gasteiger charge is -2.21. The van der Waals surface area contributed by atoms with Crippen LogP contribution in [0.25, 0.3) is 0 Å². The van der Waals surface area contributed by atoms with Gasteiger partial charge in [-0.2, -0.15) is 0 Å². The first-order valence-electron chi connectivity index (χ1n) is 4.61. The quantitative estimate of drug-likeness (QED) is 0.648. The van der Waals surface area contributed by atoms with Gasteiger partial charge in [0.1, 0.15) is 0 Å². The zero-order valence-electron chi connectivity index (χ0n) is 7.88.